The van der Waals surface area contributed by atoms with Gasteiger partial charge in [0.15, 0.2) is 11.9 Å². The molecule has 2 aromatic rings. The molecule has 0 spiro atoms. The molecule has 90 valence electrons. The van der Waals surface area contributed by atoms with E-state index < -0.39 is 12.2 Å². The molecule has 0 aliphatic carbocycles. The van der Waals surface area contributed by atoms with Crippen LogP contribution in [0.25, 0.3) is 11.0 Å². The molecule has 17 heavy (non-hydrogen) atoms. The average molecular weight is 234 g/mol. The molecular weight excluding hydrogens is 218 g/mol. The summed E-state index contributed by atoms with van der Waals surface area (Å²) >= 11 is 0. The van der Waals surface area contributed by atoms with Crippen LogP contribution < -0.4 is 5.32 Å². The van der Waals surface area contributed by atoms with Gasteiger partial charge in [0.05, 0.1) is 11.0 Å². The maximum Gasteiger partial charge on any atom is 0.174 e. The van der Waals surface area contributed by atoms with E-state index in [2.05, 4.69) is 9.97 Å². The summed E-state index contributed by atoms with van der Waals surface area (Å²) < 4.78 is 0. The van der Waals surface area contributed by atoms with E-state index in [1.807, 2.05) is 36.5 Å². The standard InChI is InChI=1S/C12H15N3O2/c1-6-10(16)11(17)9(13-6)12-14-7-4-2-3-5-8(7)15-12/h2-6,9-11,13,16-17H,1H3,(H,14,15)/p+1/t6-,9+,10+,11-/m0/s1. The number of nitrogens with one attached hydrogen (secondary N) is 1. The van der Waals surface area contributed by atoms with Crippen LogP contribution >= 0.6 is 0 Å². The van der Waals surface area contributed by atoms with Crippen LogP contribution in [0.1, 0.15) is 18.8 Å². The van der Waals surface area contributed by atoms with E-state index >= 15 is 0 Å². The number of aliphatic hydroxyl groups is 2. The second-order valence-corrected chi connectivity index (χ2v) is 4.70. The van der Waals surface area contributed by atoms with Crippen LogP contribution in [0, 0.1) is 0 Å². The highest BCUT2D eigenvalue weighted by atomic mass is 16.3. The van der Waals surface area contributed by atoms with Crippen molar-refractivity contribution in [3.05, 3.63) is 30.1 Å². The largest absolute Gasteiger partial charge is 0.384 e. The van der Waals surface area contributed by atoms with Gasteiger partial charge in [-0.3, -0.25) is 0 Å². The van der Waals surface area contributed by atoms with E-state index in [1.165, 1.54) is 0 Å². The summed E-state index contributed by atoms with van der Waals surface area (Å²) in [6, 6.07) is 7.52. The van der Waals surface area contributed by atoms with E-state index in [4.69, 9.17) is 0 Å². The Balaban J connectivity index is 1.99. The summed E-state index contributed by atoms with van der Waals surface area (Å²) in [5.74, 6) is 0.724. The van der Waals surface area contributed by atoms with Crippen molar-refractivity contribution in [3.63, 3.8) is 0 Å². The number of nitrogens with zero attached hydrogens (tertiary/aromatic N) is 1. The van der Waals surface area contributed by atoms with Crippen molar-refractivity contribution >= 4 is 11.0 Å². The molecule has 1 aliphatic heterocycles. The van der Waals surface area contributed by atoms with Crippen LogP contribution in [0.15, 0.2) is 24.3 Å². The molecule has 2 heterocycles. The van der Waals surface area contributed by atoms with Crippen molar-refractivity contribution in [1.82, 2.24) is 9.97 Å². The zero-order valence-corrected chi connectivity index (χ0v) is 9.54. The fourth-order valence-electron chi connectivity index (χ4n) is 2.46. The molecule has 0 saturated carbocycles. The molecule has 1 fully saturated rings. The number of aliphatic hydroxyl groups excluding tert-OH is 2. The molecule has 0 amide bonds. The number of H-pyrrole nitrogens is 1. The number of quaternary nitrogens is 1. The number of para-hydroxylation sites is 2. The zero-order valence-electron chi connectivity index (χ0n) is 9.54. The number of hydrogen-bond acceptors (Lipinski definition) is 3. The Kier molecular flexibility index (Phi) is 2.39. The molecule has 5 nitrogen and oxygen atoms in total. The van der Waals surface area contributed by atoms with Gasteiger partial charge in [0.2, 0.25) is 0 Å². The van der Waals surface area contributed by atoms with Gasteiger partial charge in [0, 0.05) is 0 Å². The summed E-state index contributed by atoms with van der Waals surface area (Å²) in [4.78, 5) is 7.65. The molecule has 1 aromatic carbocycles. The number of imidazole rings is 1. The van der Waals surface area contributed by atoms with Crippen LogP contribution in [0.3, 0.4) is 0 Å². The monoisotopic (exact) mass is 234 g/mol. The highest BCUT2D eigenvalue weighted by molar-refractivity contribution is 5.74. The van der Waals surface area contributed by atoms with E-state index in [9.17, 15) is 10.2 Å². The SMILES string of the molecule is C[C@@H]1[NH2+][C@@H](c2nc3ccccc3[nH]2)[C@H](O)[C@@H]1O. The number of hydrogen-bond donors (Lipinski definition) is 4. The van der Waals surface area contributed by atoms with Gasteiger partial charge in [-0.25, -0.2) is 4.98 Å². The predicted octanol–water partition coefficient (Wildman–Crippen LogP) is -0.709. The first-order chi connectivity index (χ1) is 8.16. The number of aromatic amines is 1. The fourth-order valence-corrected chi connectivity index (χ4v) is 2.46. The van der Waals surface area contributed by atoms with Crippen molar-refractivity contribution < 1.29 is 15.5 Å². The maximum atomic E-state index is 9.97. The lowest BCUT2D eigenvalue weighted by atomic mass is 10.1. The van der Waals surface area contributed by atoms with Crippen LogP contribution in [0.4, 0.5) is 0 Å². The minimum Gasteiger partial charge on any atom is -0.384 e. The molecule has 0 unspecified atom stereocenters. The Morgan fingerprint density at radius 3 is 2.65 bits per heavy atom. The summed E-state index contributed by atoms with van der Waals surface area (Å²) in [5.41, 5.74) is 1.84. The Bertz CT molecular complexity index is 506. The number of fused-ring (bicyclic) bond motifs is 1. The first-order valence-electron chi connectivity index (χ1n) is 5.82. The van der Waals surface area contributed by atoms with Crippen molar-refractivity contribution in [2.75, 3.05) is 0 Å². The third kappa shape index (κ3) is 1.63. The van der Waals surface area contributed by atoms with Gasteiger partial charge in [-0.1, -0.05) is 12.1 Å². The van der Waals surface area contributed by atoms with Crippen molar-refractivity contribution in [1.29, 1.82) is 0 Å². The van der Waals surface area contributed by atoms with Crippen molar-refractivity contribution in [2.24, 2.45) is 0 Å². The smallest absolute Gasteiger partial charge is 0.174 e. The number of benzene rings is 1. The van der Waals surface area contributed by atoms with Gasteiger partial charge in [-0.2, -0.15) is 0 Å². The Hall–Kier alpha value is -1.43. The molecule has 4 atom stereocenters. The Morgan fingerprint density at radius 2 is 2.00 bits per heavy atom. The topological polar surface area (TPSA) is 85.8 Å². The van der Waals surface area contributed by atoms with E-state index in [1.54, 1.807) is 0 Å². The predicted molar refractivity (Wildman–Crippen MR) is 62.2 cm³/mol. The van der Waals surface area contributed by atoms with Gasteiger partial charge < -0.3 is 20.5 Å². The first kappa shape index (κ1) is 10.7. The molecule has 0 bridgehead atoms. The van der Waals surface area contributed by atoms with E-state index in [-0.39, 0.29) is 12.1 Å². The third-order valence-corrected chi connectivity index (χ3v) is 3.49. The van der Waals surface area contributed by atoms with Gasteiger partial charge >= 0.3 is 0 Å². The summed E-state index contributed by atoms with van der Waals surface area (Å²) in [6.07, 6.45) is -1.47. The number of aromatic nitrogens is 2. The van der Waals surface area contributed by atoms with Gasteiger partial charge in [0.1, 0.15) is 18.2 Å². The average Bonchev–Trinajstić information content (AvgIpc) is 2.86. The zero-order chi connectivity index (χ0) is 12.0. The Labute approximate surface area is 98.5 Å². The molecule has 3 rings (SSSR count). The van der Waals surface area contributed by atoms with Crippen molar-refractivity contribution in [3.8, 4) is 0 Å². The van der Waals surface area contributed by atoms with E-state index in [0.29, 0.717) is 0 Å². The minimum atomic E-state index is -0.773. The third-order valence-electron chi connectivity index (χ3n) is 3.49. The molecule has 5 heteroatoms. The van der Waals surface area contributed by atoms with Gasteiger partial charge in [-0.05, 0) is 19.1 Å². The van der Waals surface area contributed by atoms with Crippen LogP contribution in [-0.2, 0) is 0 Å². The second kappa shape index (κ2) is 3.80. The molecule has 1 aliphatic rings. The van der Waals surface area contributed by atoms with Crippen LogP contribution in [-0.4, -0.2) is 38.4 Å². The Morgan fingerprint density at radius 1 is 1.24 bits per heavy atom. The number of rotatable bonds is 1. The number of nitrogens with two attached hydrogens (primary N) is 1. The van der Waals surface area contributed by atoms with Crippen LogP contribution in [0.2, 0.25) is 0 Å². The second-order valence-electron chi connectivity index (χ2n) is 4.70. The lowest BCUT2D eigenvalue weighted by molar-refractivity contribution is -0.710. The summed E-state index contributed by atoms with van der Waals surface area (Å²) in [7, 11) is 0. The van der Waals surface area contributed by atoms with Gasteiger partial charge in [-0.15, -0.1) is 0 Å². The van der Waals surface area contributed by atoms with Crippen molar-refractivity contribution in [2.45, 2.75) is 31.2 Å². The normalized spacial score (nSPS) is 33.4. The highest BCUT2D eigenvalue weighted by Crippen LogP contribution is 2.21. The highest BCUT2D eigenvalue weighted by Gasteiger charge is 2.45. The lowest BCUT2D eigenvalue weighted by Crippen LogP contribution is -2.88. The van der Waals surface area contributed by atoms with E-state index in [0.717, 1.165) is 16.9 Å². The molecule has 1 aromatic heterocycles. The molecule has 0 radical (unpaired) electrons. The molecular formula is C12H16N3O2+. The first-order valence-corrected chi connectivity index (χ1v) is 5.82. The quantitative estimate of drug-likeness (QED) is 0.526. The maximum absolute atomic E-state index is 9.97. The lowest BCUT2D eigenvalue weighted by Gasteiger charge is -2.08. The summed E-state index contributed by atoms with van der Waals surface area (Å²) in [6.45, 7) is 1.90. The molecule has 5 N–H and O–H groups in total. The van der Waals surface area contributed by atoms with Crippen LogP contribution in [0.5, 0.6) is 0 Å². The summed E-state index contributed by atoms with van der Waals surface area (Å²) in [5, 5.41) is 21.7. The van der Waals surface area contributed by atoms with Gasteiger partial charge in [0.25, 0.3) is 0 Å². The fraction of sp³-hybridized carbons (Fsp3) is 0.417. The minimum absolute atomic E-state index is 0.0109. The molecule has 1 saturated heterocycles.